The minimum absolute atomic E-state index is 0.0614. The molecule has 0 spiro atoms. The summed E-state index contributed by atoms with van der Waals surface area (Å²) in [6.07, 6.45) is 23.0. The number of benzene rings is 9. The van der Waals surface area contributed by atoms with Crippen molar-refractivity contribution >= 4 is 118 Å². The molecule has 0 aromatic heterocycles. The first-order valence-electron chi connectivity index (χ1n) is 48.6. The molecule has 7 aliphatic rings. The molecule has 0 amide bonds. The van der Waals surface area contributed by atoms with E-state index < -0.39 is 61.8 Å². The van der Waals surface area contributed by atoms with Gasteiger partial charge >= 0.3 is 79.7 Å². The van der Waals surface area contributed by atoms with E-state index in [2.05, 4.69) is 13.8 Å². The molecule has 14 N–H and O–H groups in total. The van der Waals surface area contributed by atoms with Crippen molar-refractivity contribution in [2.45, 2.75) is 179 Å². The lowest BCUT2D eigenvalue weighted by atomic mass is 9.80. The quantitative estimate of drug-likeness (QED) is 0.00820. The SMILES string of the molecule is CC1(COc2ccc(B(O)O)cc2)COC1.CC1(COc2ccc(C(=O)Oc3ccc(B(O)O)cc3)cc2)COC1.O=C(CCCCCCC1CO1)Oc1ccc(B(O)O)cc1.O=C(CCCCCCCC1CO1)Oc1ccc(B(O)O)cc1.O=C(CCCCCCCCC1CO1)Oc1ccc(B(O)O)cc1.O=C(Oc1ccc(B(O)O)cc1)c1ccc(OCC2CO2)cc1.OB(O)c1ccc(OCC2CO2)cc1. The second kappa shape index (κ2) is 61.6. The average molecular weight is 1990 g/mol. The van der Waals surface area contributed by atoms with Gasteiger partial charge in [-0.15, -0.1) is 0 Å². The molecule has 7 fully saturated rings. The molecule has 0 saturated carbocycles. The van der Waals surface area contributed by atoms with Crippen LogP contribution in [0.1, 0.15) is 169 Å². The van der Waals surface area contributed by atoms with Crippen LogP contribution >= 0.6 is 0 Å². The average Bonchev–Trinajstić information content (AvgIpc) is 1.83. The van der Waals surface area contributed by atoms with Crippen LogP contribution in [0.2, 0.25) is 0 Å². The summed E-state index contributed by atoms with van der Waals surface area (Å²) in [5.74, 6) is 3.00. The van der Waals surface area contributed by atoms with Gasteiger partial charge in [0.05, 0.1) is 102 Å². The number of rotatable bonds is 50. The second-order valence-electron chi connectivity index (χ2n) is 36.4. The summed E-state index contributed by atoms with van der Waals surface area (Å²) in [5.41, 5.74) is 3.66. The summed E-state index contributed by atoms with van der Waals surface area (Å²) in [4.78, 5) is 59.2. The van der Waals surface area contributed by atoms with E-state index in [0.717, 1.165) is 123 Å². The highest BCUT2D eigenvalue weighted by atomic mass is 16.6. The number of esters is 5. The van der Waals surface area contributed by atoms with Crippen LogP contribution in [0.3, 0.4) is 0 Å². The molecule has 7 saturated heterocycles. The number of ether oxygens (including phenoxy) is 16. The van der Waals surface area contributed by atoms with Gasteiger partial charge in [-0.2, -0.15) is 0 Å². The molecule has 7 aliphatic heterocycles. The van der Waals surface area contributed by atoms with Gasteiger partial charge in [-0.1, -0.05) is 176 Å². The molecular weight excluding hydrogens is 1860 g/mol. The first kappa shape index (κ1) is 115. The van der Waals surface area contributed by atoms with Gasteiger partial charge in [0, 0.05) is 30.1 Å². The lowest BCUT2D eigenvalue weighted by Gasteiger charge is -2.37. The predicted molar refractivity (Wildman–Crippen MR) is 539 cm³/mol. The van der Waals surface area contributed by atoms with Gasteiger partial charge in [0.1, 0.15) is 77.2 Å². The van der Waals surface area contributed by atoms with E-state index in [1.165, 1.54) is 130 Å². The summed E-state index contributed by atoms with van der Waals surface area (Å²) in [6.45, 7) is 13.6. The van der Waals surface area contributed by atoms with Crippen LogP contribution in [0.5, 0.6) is 51.7 Å². The van der Waals surface area contributed by atoms with E-state index in [-0.39, 0.29) is 40.9 Å². The van der Waals surface area contributed by atoms with Crippen LogP contribution in [-0.2, 0) is 47.5 Å². The highest BCUT2D eigenvalue weighted by Gasteiger charge is 2.36. The second-order valence-corrected chi connectivity index (χ2v) is 36.4. The van der Waals surface area contributed by atoms with Crippen molar-refractivity contribution in [1.82, 2.24) is 0 Å². The number of hydrogen-bond acceptors (Lipinski definition) is 35. The van der Waals surface area contributed by atoms with Gasteiger partial charge in [0.15, 0.2) is 0 Å². The molecule has 0 radical (unpaired) electrons. The van der Waals surface area contributed by atoms with E-state index in [1.807, 2.05) is 0 Å². The van der Waals surface area contributed by atoms with Gasteiger partial charge in [-0.25, -0.2) is 9.59 Å². The largest absolute Gasteiger partial charge is 0.493 e. The predicted octanol–water partition coefficient (Wildman–Crippen LogP) is 4.49. The zero-order valence-electron chi connectivity index (χ0n) is 81.1. The van der Waals surface area contributed by atoms with Crippen molar-refractivity contribution < 1.29 is 170 Å². The third-order valence-electron chi connectivity index (χ3n) is 23.1. The van der Waals surface area contributed by atoms with Crippen molar-refractivity contribution in [3.63, 3.8) is 0 Å². The molecule has 0 bridgehead atoms. The van der Waals surface area contributed by atoms with Gasteiger partial charge < -0.3 is 146 Å². The Morgan fingerprint density at radius 3 is 0.639 bits per heavy atom. The Bertz CT molecular complexity index is 5190. The maximum atomic E-state index is 12.1. The molecule has 9 aromatic rings. The maximum absolute atomic E-state index is 12.1. The van der Waals surface area contributed by atoms with Crippen LogP contribution < -0.4 is 80.9 Å². The molecule has 5 unspecified atom stereocenters. The summed E-state index contributed by atoms with van der Waals surface area (Å²) in [7, 11) is -10.5. The van der Waals surface area contributed by atoms with Crippen LogP contribution in [-0.4, -0.2) is 266 Å². The number of carbonyl (C=O) groups is 5. The summed E-state index contributed by atoms with van der Waals surface area (Å²) < 4.78 is 84.1. The van der Waals surface area contributed by atoms with E-state index in [0.29, 0.717) is 173 Å². The molecule has 42 heteroatoms. The van der Waals surface area contributed by atoms with E-state index in [4.69, 9.17) is 146 Å². The fourth-order valence-electron chi connectivity index (χ4n) is 13.8. The molecule has 144 heavy (non-hydrogen) atoms. The number of hydrogen-bond donors (Lipinski definition) is 14. The Morgan fingerprint density at radius 2 is 0.438 bits per heavy atom. The fraction of sp³-hybridized carbons (Fsp3) is 0.422. The first-order valence-corrected chi connectivity index (χ1v) is 48.6. The minimum Gasteiger partial charge on any atom is -0.493 e. The molecule has 0 aliphatic carbocycles. The number of epoxide rings is 5. The van der Waals surface area contributed by atoms with Crippen molar-refractivity contribution in [3.05, 3.63) is 230 Å². The van der Waals surface area contributed by atoms with Gasteiger partial charge in [0.2, 0.25) is 0 Å². The molecule has 9 aromatic carbocycles. The van der Waals surface area contributed by atoms with E-state index in [1.54, 1.807) is 133 Å². The van der Waals surface area contributed by atoms with Gasteiger partial charge in [-0.3, -0.25) is 14.4 Å². The third kappa shape index (κ3) is 46.7. The lowest BCUT2D eigenvalue weighted by molar-refractivity contribution is -0.135. The van der Waals surface area contributed by atoms with E-state index in [9.17, 15) is 24.0 Å². The van der Waals surface area contributed by atoms with Crippen LogP contribution in [0.4, 0.5) is 0 Å². The Balaban J connectivity index is 0.000000174. The Labute approximate surface area is 840 Å². The fourth-order valence-corrected chi connectivity index (χ4v) is 13.8. The van der Waals surface area contributed by atoms with Crippen LogP contribution in [0.15, 0.2) is 218 Å². The lowest BCUT2D eigenvalue weighted by Crippen LogP contribution is -2.44. The minimum atomic E-state index is -1.55. The van der Waals surface area contributed by atoms with Crippen molar-refractivity contribution in [2.24, 2.45) is 10.8 Å². The Morgan fingerprint density at radius 1 is 0.250 bits per heavy atom. The highest BCUT2D eigenvalue weighted by Crippen LogP contribution is 2.31. The monoisotopic (exact) mass is 1990 g/mol. The summed E-state index contributed by atoms with van der Waals surface area (Å²) in [6, 6.07) is 57.2. The van der Waals surface area contributed by atoms with Crippen molar-refractivity contribution in [1.29, 1.82) is 0 Å². The molecule has 5 atom stereocenters. The van der Waals surface area contributed by atoms with Gasteiger partial charge in [-0.05, 0) is 210 Å². The topological polar surface area (TPSA) is 533 Å². The highest BCUT2D eigenvalue weighted by molar-refractivity contribution is 6.60. The molecular formula is C102H129B7O35. The summed E-state index contributed by atoms with van der Waals surface area (Å²) in [5, 5.41) is 125. The molecule has 16 rings (SSSR count). The standard InChI is InChI=1S/C18H19BO6.C17H25BO5.C16H15BO6.C16H23BO5.C15H21BO5.C11H15BO4.C9H11BO4/c1-18(10-23-11-18)12-24-15-6-2-13(3-7-15)17(20)25-16-8-4-14(5-9-16)19(21)22;19-17(23-15-11-9-14(10-12-15)18(20)21)8-6-4-2-1-3-5-7-16-13-22-16;18-16(23-14-7-3-12(4-8-14)17(19)20)11-1-5-13(6-2-11)21-9-15-10-22-15;18-16(7-5-3-1-2-4-6-15-12-21-15)22-14-10-8-13(9-11-14)17(19)20;17-15(6-4-2-1-3-5-14-11-20-14)21-13-9-7-12(8-10-13)16(18)19;1-11(6-15-7-11)8-16-10-4-2-9(3-5-10)12(13)14;11-10(12)7-1-3-8(4-2-7)13-5-9-6-14-9/h2-9,21-22H,10-12H2,1H3;9-12,16,20-21H,1-8,13H2;1-8,15,19-20H,9-10H2;8-11,15,19-20H,1-7,12H2;7-10,14,18-19H,1-6,11H2;2-5,13-14H,6-8H2,1H3;1-4,9,11-12H,5-6H2. The van der Waals surface area contributed by atoms with Gasteiger partial charge in [0.25, 0.3) is 0 Å². The maximum Gasteiger partial charge on any atom is 0.488 e. The zero-order valence-corrected chi connectivity index (χ0v) is 81.1. The Hall–Kier alpha value is -10.9. The number of unbranched alkanes of at least 4 members (excludes halogenated alkanes) is 12. The van der Waals surface area contributed by atoms with Crippen molar-refractivity contribution in [3.8, 4) is 51.7 Å². The molecule has 768 valence electrons. The van der Waals surface area contributed by atoms with E-state index >= 15 is 0 Å². The molecule has 7 heterocycles. The Kier molecular flexibility index (Phi) is 49.2. The van der Waals surface area contributed by atoms with Crippen LogP contribution in [0, 0.1) is 10.8 Å². The smallest absolute Gasteiger partial charge is 0.488 e. The van der Waals surface area contributed by atoms with Crippen molar-refractivity contribution in [2.75, 3.05) is 85.9 Å². The normalized spacial score (nSPS) is 16.5. The number of carbonyl (C=O) groups excluding carboxylic acids is 5. The zero-order chi connectivity index (χ0) is 103. The third-order valence-corrected chi connectivity index (χ3v) is 23.1. The van der Waals surface area contributed by atoms with Crippen LogP contribution in [0.25, 0.3) is 0 Å². The molecule has 35 nitrogen and oxygen atoms in total. The first-order chi connectivity index (χ1) is 69.4. The summed E-state index contributed by atoms with van der Waals surface area (Å²) >= 11 is 0.